The number of rotatable bonds is 5. The number of furan rings is 1. The van der Waals surface area contributed by atoms with Crippen molar-refractivity contribution in [2.24, 2.45) is 10.6 Å². The van der Waals surface area contributed by atoms with Crippen molar-refractivity contribution in [3.8, 4) is 5.75 Å². The van der Waals surface area contributed by atoms with E-state index in [0.29, 0.717) is 11.0 Å². The van der Waals surface area contributed by atoms with Gasteiger partial charge in [0.15, 0.2) is 17.8 Å². The second-order valence-electron chi connectivity index (χ2n) is 8.70. The van der Waals surface area contributed by atoms with Crippen molar-refractivity contribution in [2.75, 3.05) is 19.4 Å². The number of nitrogens with one attached hydrogen (secondary N) is 2. The highest BCUT2D eigenvalue weighted by Crippen LogP contribution is 2.35. The van der Waals surface area contributed by atoms with Gasteiger partial charge in [0.2, 0.25) is 0 Å². The zero-order valence-electron chi connectivity index (χ0n) is 18.5. The summed E-state index contributed by atoms with van der Waals surface area (Å²) in [4.78, 5) is 18.6. The number of para-hydroxylation sites is 1. The summed E-state index contributed by atoms with van der Waals surface area (Å²) in [6, 6.07) is 8.21. The number of benzene rings is 1. The van der Waals surface area contributed by atoms with Crippen molar-refractivity contribution >= 4 is 17.4 Å². The van der Waals surface area contributed by atoms with E-state index in [2.05, 4.69) is 15.8 Å². The number of carbonyl (C=O) groups excluding carboxylic acids is 1. The van der Waals surface area contributed by atoms with Gasteiger partial charge < -0.3 is 19.7 Å². The third-order valence-electron chi connectivity index (χ3n) is 4.87. The summed E-state index contributed by atoms with van der Waals surface area (Å²) in [6.07, 6.45) is -0.887. The smallest absolute Gasteiger partial charge is 0.257 e. The highest BCUT2D eigenvalue weighted by atomic mass is 17.0. The van der Waals surface area contributed by atoms with Gasteiger partial charge >= 0.3 is 0 Å². The largest absolute Gasteiger partial charge is 0.505 e. The molecule has 2 atom stereocenters. The van der Waals surface area contributed by atoms with Gasteiger partial charge in [0, 0.05) is 19.3 Å². The van der Waals surface area contributed by atoms with Crippen molar-refractivity contribution in [3.63, 3.8) is 0 Å². The first-order valence-electron chi connectivity index (χ1n) is 9.85. The van der Waals surface area contributed by atoms with E-state index in [0.717, 1.165) is 5.76 Å². The first-order valence-corrected chi connectivity index (χ1v) is 9.85. The minimum atomic E-state index is -0.887. The monoisotopic (exact) mass is 431 g/mol. The van der Waals surface area contributed by atoms with Gasteiger partial charge in [-0.15, -0.1) is 0 Å². The molecule has 168 valence electrons. The third kappa shape index (κ3) is 4.82. The summed E-state index contributed by atoms with van der Waals surface area (Å²) in [6.45, 7) is 7.96. The molecule has 1 aromatic heterocycles. The van der Waals surface area contributed by atoms with Gasteiger partial charge in [-0.1, -0.05) is 26.8 Å². The summed E-state index contributed by atoms with van der Waals surface area (Å²) < 4.78 is 5.81. The molecular formula is C21H29N5O5. The highest BCUT2D eigenvalue weighted by molar-refractivity contribution is 6.03. The van der Waals surface area contributed by atoms with Gasteiger partial charge in [-0.2, -0.15) is 0 Å². The zero-order chi connectivity index (χ0) is 22.9. The first kappa shape index (κ1) is 22.6. The molecule has 3 rings (SSSR count). The predicted octanol–water partition coefficient (Wildman–Crippen LogP) is 3.06. The number of phenolic OH excluding ortho intramolecular Hbond substituents is 1. The normalized spacial score (nSPS) is 17.8. The molecule has 0 aliphatic carbocycles. The van der Waals surface area contributed by atoms with E-state index in [4.69, 9.17) is 9.36 Å². The summed E-state index contributed by atoms with van der Waals surface area (Å²) in [7, 11) is 3.20. The fourth-order valence-corrected chi connectivity index (χ4v) is 3.24. The lowest BCUT2D eigenvalue weighted by atomic mass is 9.85. The molecule has 1 amide bonds. The average Bonchev–Trinajstić information content (AvgIpc) is 3.25. The summed E-state index contributed by atoms with van der Waals surface area (Å²) >= 11 is 0. The molecule has 31 heavy (non-hydrogen) atoms. The maximum absolute atomic E-state index is 12.3. The number of hydrogen-bond donors (Lipinski definition) is 4. The van der Waals surface area contributed by atoms with E-state index in [1.807, 2.05) is 39.8 Å². The molecule has 2 aromatic rings. The molecule has 1 aliphatic rings. The maximum Gasteiger partial charge on any atom is 0.257 e. The number of oxime groups is 1. The number of aromatic hydroxyl groups is 1. The molecule has 0 saturated heterocycles. The molecule has 1 aliphatic heterocycles. The van der Waals surface area contributed by atoms with E-state index < -0.39 is 6.17 Å². The van der Waals surface area contributed by atoms with Crippen LogP contribution in [0.2, 0.25) is 0 Å². The summed E-state index contributed by atoms with van der Waals surface area (Å²) in [5.41, 5.74) is 0.107. The van der Waals surface area contributed by atoms with Crippen molar-refractivity contribution < 1.29 is 24.5 Å². The second-order valence-corrected chi connectivity index (χ2v) is 8.70. The van der Waals surface area contributed by atoms with E-state index in [9.17, 15) is 15.1 Å². The van der Waals surface area contributed by atoms with Crippen molar-refractivity contribution in [1.29, 1.82) is 0 Å². The van der Waals surface area contributed by atoms with Crippen LogP contribution in [0.3, 0.4) is 0 Å². The van der Waals surface area contributed by atoms with E-state index in [1.165, 1.54) is 11.0 Å². The SMILES string of the molecule is Cc1ccc([C@H](NC2C(Nc3cccc(C(=O)N(C)C)c3O)=NON2O)C(C)(C)C)o1. The number of carbonyl (C=O) groups is 1. The van der Waals surface area contributed by atoms with Crippen molar-refractivity contribution in [2.45, 2.75) is 39.9 Å². The Hall–Kier alpha value is -3.08. The Labute approximate surface area is 181 Å². The van der Waals surface area contributed by atoms with Crippen molar-refractivity contribution in [1.82, 2.24) is 15.4 Å². The van der Waals surface area contributed by atoms with Crippen LogP contribution >= 0.6 is 0 Å². The number of amidine groups is 1. The molecule has 10 nitrogen and oxygen atoms in total. The Morgan fingerprint density at radius 3 is 2.55 bits per heavy atom. The van der Waals surface area contributed by atoms with Crippen LogP contribution in [0.4, 0.5) is 5.69 Å². The third-order valence-corrected chi connectivity index (χ3v) is 4.87. The quantitative estimate of drug-likeness (QED) is 0.533. The highest BCUT2D eigenvalue weighted by Gasteiger charge is 2.39. The number of hydrogen-bond acceptors (Lipinski definition) is 9. The number of anilines is 1. The second kappa shape index (κ2) is 8.58. The minimum absolute atomic E-state index is 0.138. The van der Waals surface area contributed by atoms with Crippen LogP contribution in [0.15, 0.2) is 39.9 Å². The first-order chi connectivity index (χ1) is 14.5. The minimum Gasteiger partial charge on any atom is -0.505 e. The number of phenols is 1. The summed E-state index contributed by atoms with van der Waals surface area (Å²) in [5.74, 6) is 1.10. The average molecular weight is 431 g/mol. The maximum atomic E-state index is 12.3. The van der Waals surface area contributed by atoms with Crippen LogP contribution in [-0.2, 0) is 4.94 Å². The molecule has 0 spiro atoms. The van der Waals surface area contributed by atoms with Crippen LogP contribution in [-0.4, -0.2) is 52.4 Å². The fourth-order valence-electron chi connectivity index (χ4n) is 3.24. The zero-order valence-corrected chi connectivity index (χ0v) is 18.5. The lowest BCUT2D eigenvalue weighted by Crippen LogP contribution is -2.51. The van der Waals surface area contributed by atoms with Gasteiger partial charge in [-0.05, 0) is 41.8 Å². The summed E-state index contributed by atoms with van der Waals surface area (Å²) in [5, 5.41) is 31.5. The van der Waals surface area contributed by atoms with Crippen LogP contribution in [0.25, 0.3) is 0 Å². The van der Waals surface area contributed by atoms with Crippen LogP contribution in [0.5, 0.6) is 5.75 Å². The topological polar surface area (TPSA) is 123 Å². The van der Waals surface area contributed by atoms with Crippen molar-refractivity contribution in [3.05, 3.63) is 47.4 Å². The number of hydroxylamine groups is 2. The lowest BCUT2D eigenvalue weighted by Gasteiger charge is -2.33. The van der Waals surface area contributed by atoms with Crippen LogP contribution < -0.4 is 10.6 Å². The number of amides is 1. The molecule has 0 fully saturated rings. The number of aryl methyl sites for hydroxylation is 1. The van der Waals surface area contributed by atoms with Gasteiger partial charge in [-0.3, -0.25) is 20.3 Å². The van der Waals surface area contributed by atoms with E-state index in [-0.39, 0.29) is 40.2 Å². The van der Waals surface area contributed by atoms with Crippen LogP contribution in [0.1, 0.15) is 48.7 Å². The molecule has 1 unspecified atom stereocenters. The predicted molar refractivity (Wildman–Crippen MR) is 114 cm³/mol. The molecule has 4 N–H and O–H groups in total. The van der Waals surface area contributed by atoms with E-state index in [1.54, 1.807) is 26.2 Å². The van der Waals surface area contributed by atoms with Gasteiger partial charge in [0.25, 0.3) is 5.91 Å². The van der Waals surface area contributed by atoms with Gasteiger partial charge in [-0.25, -0.2) is 0 Å². The lowest BCUT2D eigenvalue weighted by molar-refractivity contribution is -0.344. The molecule has 0 saturated carbocycles. The van der Waals surface area contributed by atoms with Gasteiger partial charge in [0.1, 0.15) is 11.5 Å². The molecule has 10 heteroatoms. The van der Waals surface area contributed by atoms with E-state index >= 15 is 0 Å². The Morgan fingerprint density at radius 1 is 1.26 bits per heavy atom. The number of nitrogens with zero attached hydrogens (tertiary/aromatic N) is 3. The molecule has 2 heterocycles. The standard InChI is InChI=1S/C21H29N5O5/c1-12-10-11-15(30-12)17(21(2,3)4)23-19-18(24-31-26(19)29)22-14-9-7-8-13(16(14)27)20(28)25(5)6/h7-11,17,19,23,27,29H,1-6H3,(H,22,24)/t17-,19?/m0/s1. The molecule has 1 aromatic carbocycles. The fraction of sp³-hybridized carbons (Fsp3) is 0.429. The Bertz CT molecular complexity index is 979. The Morgan fingerprint density at radius 2 is 1.97 bits per heavy atom. The molecule has 0 bridgehead atoms. The van der Waals surface area contributed by atoms with Crippen LogP contribution in [0, 0.1) is 12.3 Å². The van der Waals surface area contributed by atoms with Gasteiger partial charge in [0.05, 0.1) is 17.3 Å². The molecule has 0 radical (unpaired) electrons. The Kier molecular flexibility index (Phi) is 6.25. The Balaban J connectivity index is 1.86. The molecular weight excluding hydrogens is 402 g/mol.